The molecule has 1 nitrogen and oxygen atoms in total. The van der Waals surface area contributed by atoms with E-state index in [1.54, 1.807) is 11.8 Å². The SMILES string of the molecule is C=C(NC)Sc1cc(Cl)ccc1C. The molecule has 0 fully saturated rings. The lowest BCUT2D eigenvalue weighted by Gasteiger charge is -2.07. The van der Waals surface area contributed by atoms with Gasteiger partial charge in [0.15, 0.2) is 0 Å². The van der Waals surface area contributed by atoms with E-state index >= 15 is 0 Å². The van der Waals surface area contributed by atoms with Crippen LogP contribution in [0.2, 0.25) is 5.02 Å². The molecule has 0 spiro atoms. The molecule has 70 valence electrons. The number of rotatable bonds is 3. The Morgan fingerprint density at radius 1 is 1.54 bits per heavy atom. The first kappa shape index (κ1) is 10.5. The van der Waals surface area contributed by atoms with Crippen LogP contribution in [0.25, 0.3) is 0 Å². The Kier molecular flexibility index (Phi) is 3.70. The molecule has 0 aliphatic heterocycles. The van der Waals surface area contributed by atoms with Crippen LogP contribution in [0.15, 0.2) is 34.7 Å². The normalized spacial score (nSPS) is 9.77. The summed E-state index contributed by atoms with van der Waals surface area (Å²) in [5.74, 6) is 0. The fraction of sp³-hybridized carbons (Fsp3) is 0.200. The van der Waals surface area contributed by atoms with E-state index in [0.717, 1.165) is 14.9 Å². The molecule has 0 aliphatic rings. The summed E-state index contributed by atoms with van der Waals surface area (Å²) in [5, 5.41) is 4.67. The highest BCUT2D eigenvalue weighted by Crippen LogP contribution is 2.28. The predicted octanol–water partition coefficient (Wildman–Crippen LogP) is 3.43. The van der Waals surface area contributed by atoms with Gasteiger partial charge in [-0.2, -0.15) is 0 Å². The molecule has 0 aliphatic carbocycles. The molecule has 1 N–H and O–H groups in total. The summed E-state index contributed by atoms with van der Waals surface area (Å²) in [7, 11) is 1.86. The molecule has 0 unspecified atom stereocenters. The van der Waals surface area contributed by atoms with Gasteiger partial charge in [-0.15, -0.1) is 0 Å². The molecule has 0 saturated carbocycles. The Hall–Kier alpha value is -0.600. The fourth-order valence-electron chi connectivity index (χ4n) is 0.868. The average Bonchev–Trinajstić information content (AvgIpc) is 2.11. The Labute approximate surface area is 88.2 Å². The van der Waals surface area contributed by atoms with Gasteiger partial charge >= 0.3 is 0 Å². The van der Waals surface area contributed by atoms with E-state index < -0.39 is 0 Å². The molecule has 0 atom stereocenters. The molecule has 0 amide bonds. The summed E-state index contributed by atoms with van der Waals surface area (Å²) < 4.78 is 0. The molecular formula is C10H12ClNS. The summed E-state index contributed by atoms with van der Waals surface area (Å²) in [6, 6.07) is 5.85. The van der Waals surface area contributed by atoms with Crippen LogP contribution >= 0.6 is 23.4 Å². The lowest BCUT2D eigenvalue weighted by atomic mass is 10.2. The lowest BCUT2D eigenvalue weighted by molar-refractivity contribution is 1.08. The largest absolute Gasteiger partial charge is 0.383 e. The van der Waals surface area contributed by atoms with Gasteiger partial charge in [0, 0.05) is 17.0 Å². The molecular weight excluding hydrogens is 202 g/mol. The Bertz CT molecular complexity index is 323. The van der Waals surface area contributed by atoms with Crippen molar-refractivity contribution in [3.8, 4) is 0 Å². The number of hydrogen-bond acceptors (Lipinski definition) is 2. The van der Waals surface area contributed by atoms with E-state index in [-0.39, 0.29) is 0 Å². The smallest absolute Gasteiger partial charge is 0.0654 e. The second-order valence-electron chi connectivity index (χ2n) is 2.69. The first-order chi connectivity index (χ1) is 6.13. The Morgan fingerprint density at radius 2 is 2.23 bits per heavy atom. The van der Waals surface area contributed by atoms with Gasteiger partial charge in [0.25, 0.3) is 0 Å². The lowest BCUT2D eigenvalue weighted by Crippen LogP contribution is -2.00. The highest BCUT2D eigenvalue weighted by atomic mass is 35.5. The van der Waals surface area contributed by atoms with E-state index in [2.05, 4.69) is 18.8 Å². The van der Waals surface area contributed by atoms with Crippen LogP contribution in [0.5, 0.6) is 0 Å². The zero-order chi connectivity index (χ0) is 9.84. The summed E-state index contributed by atoms with van der Waals surface area (Å²) in [5.41, 5.74) is 1.21. The average molecular weight is 214 g/mol. The molecule has 3 heteroatoms. The number of hydrogen-bond donors (Lipinski definition) is 1. The van der Waals surface area contributed by atoms with E-state index in [4.69, 9.17) is 11.6 Å². The standard InChI is InChI=1S/C10H12ClNS/c1-7-4-5-9(11)6-10(7)13-8(2)12-3/h4-6,12H,2H2,1,3H3. The second-order valence-corrected chi connectivity index (χ2v) is 4.26. The summed E-state index contributed by atoms with van der Waals surface area (Å²) in [6.07, 6.45) is 0. The minimum Gasteiger partial charge on any atom is -0.383 e. The van der Waals surface area contributed by atoms with Crippen LogP contribution in [0.3, 0.4) is 0 Å². The van der Waals surface area contributed by atoms with Gasteiger partial charge in [-0.3, -0.25) is 0 Å². The highest BCUT2D eigenvalue weighted by Gasteiger charge is 2.01. The molecule has 1 rings (SSSR count). The van der Waals surface area contributed by atoms with Crippen molar-refractivity contribution in [1.29, 1.82) is 0 Å². The molecule has 0 heterocycles. The van der Waals surface area contributed by atoms with E-state index in [1.807, 2.05) is 25.2 Å². The maximum absolute atomic E-state index is 5.88. The van der Waals surface area contributed by atoms with Gasteiger partial charge in [-0.25, -0.2) is 0 Å². The highest BCUT2D eigenvalue weighted by molar-refractivity contribution is 8.03. The Morgan fingerprint density at radius 3 is 2.85 bits per heavy atom. The monoisotopic (exact) mass is 213 g/mol. The number of benzene rings is 1. The predicted molar refractivity (Wildman–Crippen MR) is 60.2 cm³/mol. The quantitative estimate of drug-likeness (QED) is 0.773. The minimum atomic E-state index is 0.761. The topological polar surface area (TPSA) is 12.0 Å². The van der Waals surface area contributed by atoms with Crippen LogP contribution in [0.4, 0.5) is 0 Å². The van der Waals surface area contributed by atoms with E-state index in [1.165, 1.54) is 5.56 Å². The van der Waals surface area contributed by atoms with Crippen LogP contribution in [0, 0.1) is 6.92 Å². The maximum atomic E-state index is 5.88. The molecule has 1 aromatic rings. The third kappa shape index (κ3) is 2.98. The summed E-state index contributed by atoms with van der Waals surface area (Å²) in [4.78, 5) is 1.15. The van der Waals surface area contributed by atoms with Gasteiger partial charge in [-0.1, -0.05) is 36.0 Å². The van der Waals surface area contributed by atoms with E-state index in [0.29, 0.717) is 0 Å². The van der Waals surface area contributed by atoms with Crippen molar-refractivity contribution in [2.45, 2.75) is 11.8 Å². The van der Waals surface area contributed by atoms with Crippen molar-refractivity contribution >= 4 is 23.4 Å². The zero-order valence-corrected chi connectivity index (χ0v) is 9.30. The van der Waals surface area contributed by atoms with Crippen LogP contribution in [-0.2, 0) is 0 Å². The third-order valence-electron chi connectivity index (χ3n) is 1.66. The first-order valence-corrected chi connectivity index (χ1v) is 5.13. The molecule has 13 heavy (non-hydrogen) atoms. The van der Waals surface area contributed by atoms with Crippen molar-refractivity contribution in [2.24, 2.45) is 0 Å². The van der Waals surface area contributed by atoms with Crippen LogP contribution < -0.4 is 5.32 Å². The molecule has 0 bridgehead atoms. The van der Waals surface area contributed by atoms with Crippen molar-refractivity contribution in [3.05, 3.63) is 40.4 Å². The number of nitrogens with one attached hydrogen (secondary N) is 1. The molecule has 0 aromatic heterocycles. The van der Waals surface area contributed by atoms with Crippen molar-refractivity contribution in [1.82, 2.24) is 5.32 Å². The summed E-state index contributed by atoms with van der Waals surface area (Å²) in [6.45, 7) is 5.91. The van der Waals surface area contributed by atoms with Gasteiger partial charge < -0.3 is 5.32 Å². The van der Waals surface area contributed by atoms with Gasteiger partial charge in [0.2, 0.25) is 0 Å². The minimum absolute atomic E-state index is 0.761. The number of aryl methyl sites for hydroxylation is 1. The number of halogens is 1. The van der Waals surface area contributed by atoms with Crippen molar-refractivity contribution in [3.63, 3.8) is 0 Å². The second kappa shape index (κ2) is 4.58. The van der Waals surface area contributed by atoms with Crippen LogP contribution in [0.1, 0.15) is 5.56 Å². The van der Waals surface area contributed by atoms with Gasteiger partial charge in [0.05, 0.1) is 5.03 Å². The maximum Gasteiger partial charge on any atom is 0.0654 e. The fourth-order valence-corrected chi connectivity index (χ4v) is 1.89. The molecule has 0 radical (unpaired) electrons. The van der Waals surface area contributed by atoms with Gasteiger partial charge in [0.1, 0.15) is 0 Å². The van der Waals surface area contributed by atoms with Crippen LogP contribution in [-0.4, -0.2) is 7.05 Å². The van der Waals surface area contributed by atoms with E-state index in [9.17, 15) is 0 Å². The third-order valence-corrected chi connectivity index (χ3v) is 3.01. The number of thioether (sulfide) groups is 1. The van der Waals surface area contributed by atoms with Crippen molar-refractivity contribution < 1.29 is 0 Å². The van der Waals surface area contributed by atoms with Gasteiger partial charge in [-0.05, 0) is 24.6 Å². The zero-order valence-electron chi connectivity index (χ0n) is 7.73. The molecule has 1 aromatic carbocycles. The van der Waals surface area contributed by atoms with Crippen molar-refractivity contribution in [2.75, 3.05) is 7.05 Å². The first-order valence-electron chi connectivity index (χ1n) is 3.94. The molecule has 0 saturated heterocycles. The Balaban J connectivity index is 2.87. The summed E-state index contributed by atoms with van der Waals surface area (Å²) >= 11 is 7.47.